The minimum Gasteiger partial charge on any atom is -0.337 e. The molecule has 3 heterocycles. The predicted molar refractivity (Wildman–Crippen MR) is 121 cm³/mol. The van der Waals surface area contributed by atoms with Gasteiger partial charge < -0.3 is 14.8 Å². The molecule has 1 aromatic heterocycles. The quantitative estimate of drug-likeness (QED) is 0.780. The van der Waals surface area contributed by atoms with Gasteiger partial charge in [-0.2, -0.15) is 0 Å². The maximum Gasteiger partial charge on any atom is 0.256 e. The number of nitrogens with one attached hydrogen (secondary N) is 1. The first kappa shape index (κ1) is 21.7. The number of hydrogen-bond donors (Lipinski definition) is 1. The monoisotopic (exact) mass is 440 g/mol. The smallest absolute Gasteiger partial charge is 0.256 e. The Morgan fingerprint density at radius 3 is 2.22 bits per heavy atom. The highest BCUT2D eigenvalue weighted by atomic mass is 16.2. The van der Waals surface area contributed by atoms with E-state index in [1.807, 2.05) is 9.80 Å². The fraction of sp³-hybridized carbons (Fsp3) is 0.760. The summed E-state index contributed by atoms with van der Waals surface area (Å²) in [5, 5.41) is 0. The van der Waals surface area contributed by atoms with Crippen molar-refractivity contribution in [2.75, 3.05) is 13.1 Å². The highest BCUT2D eigenvalue weighted by Gasteiger charge is 2.36. The van der Waals surface area contributed by atoms with Crippen molar-refractivity contribution in [3.63, 3.8) is 0 Å². The van der Waals surface area contributed by atoms with E-state index in [-0.39, 0.29) is 35.3 Å². The van der Waals surface area contributed by atoms with Gasteiger partial charge >= 0.3 is 0 Å². The van der Waals surface area contributed by atoms with E-state index in [0.717, 1.165) is 82.9 Å². The summed E-state index contributed by atoms with van der Waals surface area (Å²) in [5.74, 6) is 1.36. The van der Waals surface area contributed by atoms with Gasteiger partial charge in [-0.05, 0) is 44.9 Å². The lowest BCUT2D eigenvalue weighted by molar-refractivity contribution is -0.140. The molecule has 2 saturated carbocycles. The number of aromatic nitrogens is 2. The molecule has 32 heavy (non-hydrogen) atoms. The number of H-pyrrole nitrogens is 1. The summed E-state index contributed by atoms with van der Waals surface area (Å²) in [6, 6.07) is -0.128. The molecule has 7 nitrogen and oxygen atoms in total. The van der Waals surface area contributed by atoms with Gasteiger partial charge in [-0.25, -0.2) is 4.98 Å². The minimum absolute atomic E-state index is 0.119. The maximum atomic E-state index is 13.2. The van der Waals surface area contributed by atoms with Gasteiger partial charge in [0, 0.05) is 31.3 Å². The van der Waals surface area contributed by atoms with Gasteiger partial charge in [0.25, 0.3) is 5.56 Å². The Balaban J connectivity index is 1.34. The first-order valence-electron chi connectivity index (χ1n) is 12.8. The van der Waals surface area contributed by atoms with E-state index in [1.165, 1.54) is 6.42 Å². The molecule has 1 atom stereocenters. The van der Waals surface area contributed by atoms with Crippen molar-refractivity contribution < 1.29 is 9.59 Å². The average molecular weight is 441 g/mol. The van der Waals surface area contributed by atoms with Gasteiger partial charge in [-0.3, -0.25) is 14.4 Å². The Bertz CT molecular complexity index is 914. The average Bonchev–Trinajstić information content (AvgIpc) is 3.38. The van der Waals surface area contributed by atoms with Crippen LogP contribution in [0.15, 0.2) is 4.79 Å². The lowest BCUT2D eigenvalue weighted by Gasteiger charge is -2.37. The number of carbonyl (C=O) groups excluding carboxylic acids is 2. The number of likely N-dealkylation sites (tertiary alicyclic amines) is 1. The molecular formula is C25H36N4O3. The van der Waals surface area contributed by atoms with Gasteiger partial charge in [0.15, 0.2) is 0 Å². The van der Waals surface area contributed by atoms with E-state index in [1.54, 1.807) is 0 Å². The maximum absolute atomic E-state index is 13.2. The second-order valence-electron chi connectivity index (χ2n) is 10.2. The molecule has 7 heteroatoms. The summed E-state index contributed by atoms with van der Waals surface area (Å²) in [7, 11) is 0. The molecule has 0 radical (unpaired) electrons. The van der Waals surface area contributed by atoms with E-state index < -0.39 is 0 Å². The Kier molecular flexibility index (Phi) is 6.33. The second kappa shape index (κ2) is 9.36. The summed E-state index contributed by atoms with van der Waals surface area (Å²) >= 11 is 0. The van der Waals surface area contributed by atoms with E-state index in [2.05, 4.69) is 4.98 Å². The molecule has 2 aliphatic carbocycles. The van der Waals surface area contributed by atoms with Crippen molar-refractivity contribution in [2.45, 2.75) is 96.1 Å². The van der Waals surface area contributed by atoms with Crippen LogP contribution in [-0.2, 0) is 22.6 Å². The number of piperidine rings is 1. The third kappa shape index (κ3) is 4.23. The zero-order valence-corrected chi connectivity index (χ0v) is 19.1. The number of amides is 2. The molecule has 2 aliphatic heterocycles. The van der Waals surface area contributed by atoms with Crippen LogP contribution in [0, 0.1) is 11.8 Å². The third-order valence-electron chi connectivity index (χ3n) is 8.16. The lowest BCUT2D eigenvalue weighted by Crippen LogP contribution is -2.45. The number of nitrogens with zero attached hydrogens (tertiary/aromatic N) is 3. The molecule has 5 rings (SSSR count). The topological polar surface area (TPSA) is 86.4 Å². The molecule has 1 saturated heterocycles. The van der Waals surface area contributed by atoms with E-state index in [9.17, 15) is 14.4 Å². The zero-order valence-electron chi connectivity index (χ0n) is 19.1. The summed E-state index contributed by atoms with van der Waals surface area (Å²) < 4.78 is 0. The van der Waals surface area contributed by atoms with Crippen molar-refractivity contribution in [3.8, 4) is 0 Å². The minimum atomic E-state index is -0.134. The molecule has 4 aliphatic rings. The largest absolute Gasteiger partial charge is 0.337 e. The SMILES string of the molecule is O=C(C1CCCCC1)N1CCc2nc([C@H]3CCCCN3C(=O)C3CCCC3)[nH]c(=O)c2C1. The van der Waals surface area contributed by atoms with E-state index >= 15 is 0 Å². The van der Waals surface area contributed by atoms with Crippen LogP contribution in [0.4, 0.5) is 0 Å². The van der Waals surface area contributed by atoms with Crippen LogP contribution >= 0.6 is 0 Å². The second-order valence-corrected chi connectivity index (χ2v) is 10.2. The standard InChI is InChI=1S/C25H36N4O3/c30-23-19-16-28(24(31)17-8-2-1-3-9-17)15-13-20(19)26-22(27-23)21-12-6-7-14-29(21)25(32)18-10-4-5-11-18/h17-18,21H,1-16H2,(H,26,27,30)/t21-/m1/s1. The van der Waals surface area contributed by atoms with Crippen LogP contribution in [0.5, 0.6) is 0 Å². The molecule has 2 amide bonds. The summed E-state index contributed by atoms with van der Waals surface area (Å²) in [4.78, 5) is 51.0. The van der Waals surface area contributed by atoms with Crippen molar-refractivity contribution in [2.24, 2.45) is 11.8 Å². The van der Waals surface area contributed by atoms with Crippen molar-refractivity contribution in [1.82, 2.24) is 19.8 Å². The van der Waals surface area contributed by atoms with Gasteiger partial charge in [0.05, 0.1) is 23.8 Å². The van der Waals surface area contributed by atoms with Gasteiger partial charge in [-0.15, -0.1) is 0 Å². The van der Waals surface area contributed by atoms with Gasteiger partial charge in [0.1, 0.15) is 5.82 Å². The third-order valence-corrected chi connectivity index (χ3v) is 8.16. The Morgan fingerprint density at radius 1 is 0.812 bits per heavy atom. The number of rotatable bonds is 3. The Hall–Kier alpha value is -2.18. The van der Waals surface area contributed by atoms with Gasteiger partial charge in [0.2, 0.25) is 11.8 Å². The van der Waals surface area contributed by atoms with E-state index in [4.69, 9.17) is 4.98 Å². The van der Waals surface area contributed by atoms with Crippen molar-refractivity contribution in [1.29, 1.82) is 0 Å². The molecular weight excluding hydrogens is 404 g/mol. The van der Waals surface area contributed by atoms with Crippen molar-refractivity contribution in [3.05, 3.63) is 27.4 Å². The lowest BCUT2D eigenvalue weighted by atomic mass is 9.88. The van der Waals surface area contributed by atoms with Crippen molar-refractivity contribution >= 4 is 11.8 Å². The normalized spacial score (nSPS) is 25.1. The highest BCUT2D eigenvalue weighted by molar-refractivity contribution is 5.80. The number of carbonyl (C=O) groups is 2. The first-order valence-corrected chi connectivity index (χ1v) is 12.8. The first-order chi connectivity index (χ1) is 15.6. The molecule has 1 aromatic rings. The van der Waals surface area contributed by atoms with Crippen LogP contribution in [0.2, 0.25) is 0 Å². The van der Waals surface area contributed by atoms with Crippen LogP contribution < -0.4 is 5.56 Å². The predicted octanol–water partition coefficient (Wildman–Crippen LogP) is 3.48. The van der Waals surface area contributed by atoms with Crippen LogP contribution in [0.25, 0.3) is 0 Å². The fourth-order valence-corrected chi connectivity index (χ4v) is 6.28. The summed E-state index contributed by atoms with van der Waals surface area (Å²) in [6.07, 6.45) is 13.2. The van der Waals surface area contributed by atoms with Crippen LogP contribution in [0.3, 0.4) is 0 Å². The van der Waals surface area contributed by atoms with Crippen LogP contribution in [-0.4, -0.2) is 44.7 Å². The zero-order chi connectivity index (χ0) is 22.1. The highest BCUT2D eigenvalue weighted by Crippen LogP contribution is 2.34. The molecule has 174 valence electrons. The number of fused-ring (bicyclic) bond motifs is 1. The molecule has 0 aromatic carbocycles. The molecule has 0 spiro atoms. The molecule has 0 unspecified atom stereocenters. The summed E-state index contributed by atoms with van der Waals surface area (Å²) in [5.41, 5.74) is 1.31. The Labute approximate surface area is 190 Å². The molecule has 1 N–H and O–H groups in total. The summed E-state index contributed by atoms with van der Waals surface area (Å²) in [6.45, 7) is 1.75. The fourth-order valence-electron chi connectivity index (χ4n) is 6.28. The van der Waals surface area contributed by atoms with E-state index in [0.29, 0.717) is 30.9 Å². The number of aromatic amines is 1. The molecule has 3 fully saturated rings. The number of hydrogen-bond acceptors (Lipinski definition) is 4. The van der Waals surface area contributed by atoms with Gasteiger partial charge in [-0.1, -0.05) is 32.1 Å². The molecule has 0 bridgehead atoms. The van der Waals surface area contributed by atoms with Crippen LogP contribution in [0.1, 0.15) is 100 Å². The Morgan fingerprint density at radius 2 is 1.47 bits per heavy atom.